The van der Waals surface area contributed by atoms with Crippen molar-refractivity contribution in [1.82, 2.24) is 14.9 Å². The molecule has 1 heterocycles. The summed E-state index contributed by atoms with van der Waals surface area (Å²) < 4.78 is 0. The largest absolute Gasteiger partial charge is 0.303 e. The van der Waals surface area contributed by atoms with Crippen LogP contribution in [0.2, 0.25) is 5.15 Å². The molecule has 0 amide bonds. The first-order valence-corrected chi connectivity index (χ1v) is 7.82. The Morgan fingerprint density at radius 3 is 2.50 bits per heavy atom. The van der Waals surface area contributed by atoms with Crippen LogP contribution < -0.4 is 0 Å². The van der Waals surface area contributed by atoms with Crippen LogP contribution in [0.25, 0.3) is 0 Å². The zero-order valence-corrected chi connectivity index (χ0v) is 13.2. The molecule has 0 N–H and O–H groups in total. The van der Waals surface area contributed by atoms with E-state index in [1.54, 1.807) is 18.1 Å². The molecule has 5 heteroatoms. The zero-order valence-electron chi connectivity index (χ0n) is 11.6. The van der Waals surface area contributed by atoms with Gasteiger partial charge in [0.1, 0.15) is 16.5 Å². The third-order valence-electron chi connectivity index (χ3n) is 2.92. The van der Waals surface area contributed by atoms with E-state index in [1.807, 2.05) is 0 Å². The van der Waals surface area contributed by atoms with Crippen molar-refractivity contribution in [2.75, 3.05) is 25.4 Å². The van der Waals surface area contributed by atoms with E-state index in [-0.39, 0.29) is 0 Å². The fourth-order valence-corrected chi connectivity index (χ4v) is 3.33. The number of halogens is 1. The minimum absolute atomic E-state index is 0.356. The third-order valence-corrected chi connectivity index (χ3v) is 4.20. The second-order valence-electron chi connectivity index (χ2n) is 4.41. The molecule has 0 saturated heterocycles. The van der Waals surface area contributed by atoms with E-state index in [9.17, 15) is 0 Å². The summed E-state index contributed by atoms with van der Waals surface area (Å²) in [5.74, 6) is 1.39. The molecule has 0 aliphatic rings. The van der Waals surface area contributed by atoms with Crippen molar-refractivity contribution in [2.24, 2.45) is 0 Å². The molecule has 0 unspecified atom stereocenters. The summed E-state index contributed by atoms with van der Waals surface area (Å²) in [5, 5.41) is 1.61. The highest BCUT2D eigenvalue weighted by molar-refractivity contribution is 7.99. The lowest BCUT2D eigenvalue weighted by Crippen LogP contribution is -2.25. The molecule has 1 aromatic rings. The molecular formula is C13H22ClN3S. The molecule has 3 nitrogen and oxygen atoms in total. The second-order valence-corrected chi connectivity index (χ2v) is 5.85. The average molecular weight is 288 g/mol. The van der Waals surface area contributed by atoms with Gasteiger partial charge in [0.2, 0.25) is 0 Å². The Balaban J connectivity index is 2.64. The molecule has 0 aliphatic heterocycles. The standard InChI is InChI=1S/C13H22ClN3S/c1-5-17(6-2)7-8-18-13-11(10(3)4)12(14)15-9-16-13/h9-10H,5-8H2,1-4H3. The van der Waals surface area contributed by atoms with Crippen molar-refractivity contribution in [1.29, 1.82) is 0 Å². The highest BCUT2D eigenvalue weighted by Gasteiger charge is 2.14. The number of nitrogens with zero attached hydrogens (tertiary/aromatic N) is 3. The number of thioether (sulfide) groups is 1. The van der Waals surface area contributed by atoms with Crippen molar-refractivity contribution in [3.05, 3.63) is 17.0 Å². The summed E-state index contributed by atoms with van der Waals surface area (Å²) in [6, 6.07) is 0. The molecule has 0 bridgehead atoms. The van der Waals surface area contributed by atoms with Gasteiger partial charge in [0.05, 0.1) is 0 Å². The molecule has 0 atom stereocenters. The van der Waals surface area contributed by atoms with E-state index in [1.165, 1.54) is 0 Å². The predicted octanol–water partition coefficient (Wildman–Crippen LogP) is 3.69. The van der Waals surface area contributed by atoms with Gasteiger partial charge in [-0.05, 0) is 19.0 Å². The van der Waals surface area contributed by atoms with Gasteiger partial charge in [0, 0.05) is 17.9 Å². The first kappa shape index (κ1) is 15.7. The van der Waals surface area contributed by atoms with E-state index in [0.717, 1.165) is 36.0 Å². The minimum Gasteiger partial charge on any atom is -0.303 e. The molecule has 0 saturated carbocycles. The van der Waals surface area contributed by atoms with Crippen LogP contribution in [0.15, 0.2) is 11.4 Å². The van der Waals surface area contributed by atoms with Gasteiger partial charge < -0.3 is 4.90 Å². The van der Waals surface area contributed by atoms with E-state index < -0.39 is 0 Å². The van der Waals surface area contributed by atoms with Crippen molar-refractivity contribution in [2.45, 2.75) is 38.6 Å². The highest BCUT2D eigenvalue weighted by atomic mass is 35.5. The number of hydrogen-bond acceptors (Lipinski definition) is 4. The van der Waals surface area contributed by atoms with E-state index in [0.29, 0.717) is 11.1 Å². The van der Waals surface area contributed by atoms with Gasteiger partial charge in [0.15, 0.2) is 0 Å². The zero-order chi connectivity index (χ0) is 13.5. The number of hydrogen-bond donors (Lipinski definition) is 0. The van der Waals surface area contributed by atoms with E-state index in [2.05, 4.69) is 42.6 Å². The highest BCUT2D eigenvalue weighted by Crippen LogP contribution is 2.30. The number of aromatic nitrogens is 2. The molecule has 0 fully saturated rings. The predicted molar refractivity (Wildman–Crippen MR) is 79.6 cm³/mol. The summed E-state index contributed by atoms with van der Waals surface area (Å²) in [6.07, 6.45) is 1.55. The van der Waals surface area contributed by atoms with Crippen LogP contribution in [0.4, 0.5) is 0 Å². The third kappa shape index (κ3) is 4.41. The van der Waals surface area contributed by atoms with Crippen LogP contribution in [-0.2, 0) is 0 Å². The second kappa shape index (κ2) is 7.97. The molecule has 1 aromatic heterocycles. The Bertz CT molecular complexity index is 367. The van der Waals surface area contributed by atoms with Crippen molar-refractivity contribution < 1.29 is 0 Å². The Hall–Kier alpha value is -0.320. The van der Waals surface area contributed by atoms with Gasteiger partial charge in [-0.1, -0.05) is 39.3 Å². The monoisotopic (exact) mass is 287 g/mol. The fraction of sp³-hybridized carbons (Fsp3) is 0.692. The molecule has 18 heavy (non-hydrogen) atoms. The smallest absolute Gasteiger partial charge is 0.137 e. The first-order chi connectivity index (χ1) is 8.60. The van der Waals surface area contributed by atoms with Crippen LogP contribution >= 0.6 is 23.4 Å². The lowest BCUT2D eigenvalue weighted by molar-refractivity contribution is 0.324. The van der Waals surface area contributed by atoms with Gasteiger partial charge in [-0.15, -0.1) is 11.8 Å². The molecule has 0 aromatic carbocycles. The summed E-state index contributed by atoms with van der Waals surface area (Å²) in [5.41, 5.74) is 1.07. The van der Waals surface area contributed by atoms with Crippen LogP contribution in [0.3, 0.4) is 0 Å². The average Bonchev–Trinajstić information content (AvgIpc) is 2.34. The maximum absolute atomic E-state index is 6.15. The SMILES string of the molecule is CCN(CC)CCSc1ncnc(Cl)c1C(C)C. The van der Waals surface area contributed by atoms with Crippen LogP contribution in [-0.4, -0.2) is 40.3 Å². The van der Waals surface area contributed by atoms with Crippen molar-refractivity contribution >= 4 is 23.4 Å². The molecule has 0 aliphatic carbocycles. The molecule has 0 radical (unpaired) electrons. The molecule has 1 rings (SSSR count). The summed E-state index contributed by atoms with van der Waals surface area (Å²) >= 11 is 7.92. The maximum Gasteiger partial charge on any atom is 0.137 e. The summed E-state index contributed by atoms with van der Waals surface area (Å²) in [6.45, 7) is 11.9. The van der Waals surface area contributed by atoms with Crippen molar-refractivity contribution in [3.8, 4) is 0 Å². The maximum atomic E-state index is 6.15. The quantitative estimate of drug-likeness (QED) is 0.565. The Kier molecular flexibility index (Phi) is 6.97. The number of rotatable bonds is 7. The van der Waals surface area contributed by atoms with Gasteiger partial charge in [-0.3, -0.25) is 0 Å². The summed E-state index contributed by atoms with van der Waals surface area (Å²) in [4.78, 5) is 10.8. The lowest BCUT2D eigenvalue weighted by Gasteiger charge is -2.18. The van der Waals surface area contributed by atoms with E-state index >= 15 is 0 Å². The van der Waals surface area contributed by atoms with Gasteiger partial charge in [-0.2, -0.15) is 0 Å². The topological polar surface area (TPSA) is 29.0 Å². The molecule has 102 valence electrons. The van der Waals surface area contributed by atoms with Gasteiger partial charge in [0.25, 0.3) is 0 Å². The normalized spacial score (nSPS) is 11.5. The Morgan fingerprint density at radius 2 is 1.94 bits per heavy atom. The Morgan fingerprint density at radius 1 is 1.28 bits per heavy atom. The Labute approximate surface area is 119 Å². The van der Waals surface area contributed by atoms with Gasteiger partial charge >= 0.3 is 0 Å². The first-order valence-electron chi connectivity index (χ1n) is 6.45. The van der Waals surface area contributed by atoms with E-state index in [4.69, 9.17) is 11.6 Å². The summed E-state index contributed by atoms with van der Waals surface area (Å²) in [7, 11) is 0. The fourth-order valence-electron chi connectivity index (χ4n) is 1.77. The van der Waals surface area contributed by atoms with Crippen LogP contribution in [0.5, 0.6) is 0 Å². The minimum atomic E-state index is 0.356. The molecular weight excluding hydrogens is 266 g/mol. The van der Waals surface area contributed by atoms with Crippen molar-refractivity contribution in [3.63, 3.8) is 0 Å². The van der Waals surface area contributed by atoms with Gasteiger partial charge in [-0.25, -0.2) is 9.97 Å². The lowest BCUT2D eigenvalue weighted by atomic mass is 10.1. The van der Waals surface area contributed by atoms with Crippen LogP contribution in [0.1, 0.15) is 39.2 Å². The van der Waals surface area contributed by atoms with Crippen LogP contribution in [0, 0.1) is 0 Å². The molecule has 0 spiro atoms.